The summed E-state index contributed by atoms with van der Waals surface area (Å²) >= 11 is 3.53. The van der Waals surface area contributed by atoms with E-state index in [4.69, 9.17) is 4.74 Å². The van der Waals surface area contributed by atoms with Crippen molar-refractivity contribution in [2.45, 2.75) is 45.7 Å². The molecule has 31 heavy (non-hydrogen) atoms. The molecule has 2 nitrogen and oxygen atoms in total. The van der Waals surface area contributed by atoms with E-state index in [0.29, 0.717) is 11.6 Å². The molecule has 4 rings (SSSR count). The second kappa shape index (κ2) is 9.04. The Morgan fingerprint density at radius 3 is 2.45 bits per heavy atom. The van der Waals surface area contributed by atoms with E-state index in [-0.39, 0.29) is 17.9 Å². The summed E-state index contributed by atoms with van der Waals surface area (Å²) in [4.78, 5) is 2.24. The first-order chi connectivity index (χ1) is 14.9. The Kier molecular flexibility index (Phi) is 6.38. The predicted molar refractivity (Wildman–Crippen MR) is 129 cm³/mol. The largest absolute Gasteiger partial charge is 0.497 e. The van der Waals surface area contributed by atoms with Gasteiger partial charge in [-0.1, -0.05) is 54.0 Å². The predicted octanol–water partition coefficient (Wildman–Crippen LogP) is 7.66. The summed E-state index contributed by atoms with van der Waals surface area (Å²) in [6, 6.07) is 20.4. The van der Waals surface area contributed by atoms with Crippen molar-refractivity contribution in [2.75, 3.05) is 12.0 Å². The van der Waals surface area contributed by atoms with Crippen LogP contribution in [0.3, 0.4) is 0 Å². The molecule has 0 aromatic heterocycles. The van der Waals surface area contributed by atoms with Crippen molar-refractivity contribution >= 4 is 21.6 Å². The topological polar surface area (TPSA) is 12.5 Å². The monoisotopic (exact) mass is 481 g/mol. The van der Waals surface area contributed by atoms with Gasteiger partial charge >= 0.3 is 0 Å². The molecule has 1 heterocycles. The Balaban J connectivity index is 1.81. The van der Waals surface area contributed by atoms with Gasteiger partial charge in [0.05, 0.1) is 24.9 Å². The van der Waals surface area contributed by atoms with Gasteiger partial charge in [0.2, 0.25) is 0 Å². The molecule has 0 saturated carbocycles. The zero-order valence-corrected chi connectivity index (χ0v) is 20.1. The van der Waals surface area contributed by atoms with Crippen LogP contribution in [-0.4, -0.2) is 7.11 Å². The van der Waals surface area contributed by atoms with Gasteiger partial charge in [0.15, 0.2) is 0 Å². The van der Waals surface area contributed by atoms with E-state index >= 15 is 4.39 Å². The molecule has 0 radical (unpaired) electrons. The molecular formula is C27H29BrFNO. The zero-order chi connectivity index (χ0) is 22.1. The standard InChI is InChI=1S/C27H29BrFNO/c1-17(2)13-19-5-12-26(25(29)14-19)30-18(3)24-11-10-23(31-4)15-21(24)16-27(30)20-6-8-22(28)9-7-20/h5-12,14-15,17-18,27H,13,16H2,1-4H3. The summed E-state index contributed by atoms with van der Waals surface area (Å²) < 4.78 is 21.9. The molecule has 0 spiro atoms. The van der Waals surface area contributed by atoms with Gasteiger partial charge in [-0.15, -0.1) is 0 Å². The molecule has 0 N–H and O–H groups in total. The number of nitrogens with zero attached hydrogens (tertiary/aromatic N) is 1. The Morgan fingerprint density at radius 1 is 1.06 bits per heavy atom. The number of ether oxygens (including phenoxy) is 1. The number of hydrogen-bond donors (Lipinski definition) is 0. The minimum atomic E-state index is -0.149. The smallest absolute Gasteiger partial charge is 0.146 e. The van der Waals surface area contributed by atoms with Crippen LogP contribution in [0.15, 0.2) is 65.1 Å². The van der Waals surface area contributed by atoms with E-state index in [2.05, 4.69) is 84.1 Å². The van der Waals surface area contributed by atoms with Crippen molar-refractivity contribution in [2.24, 2.45) is 5.92 Å². The van der Waals surface area contributed by atoms with Crippen LogP contribution in [0.2, 0.25) is 0 Å². The molecule has 0 aliphatic carbocycles. The summed E-state index contributed by atoms with van der Waals surface area (Å²) in [5.41, 5.74) is 5.36. The number of methoxy groups -OCH3 is 1. The second-order valence-corrected chi connectivity index (χ2v) is 9.72. The van der Waals surface area contributed by atoms with Gasteiger partial charge in [-0.3, -0.25) is 0 Å². The van der Waals surface area contributed by atoms with Crippen molar-refractivity contribution in [3.63, 3.8) is 0 Å². The average Bonchev–Trinajstić information content (AvgIpc) is 2.74. The SMILES string of the molecule is COc1ccc2c(c1)CC(c1ccc(Br)cc1)N(c1ccc(CC(C)C)cc1F)C2C. The molecule has 3 aromatic rings. The van der Waals surface area contributed by atoms with Crippen molar-refractivity contribution in [3.05, 3.63) is 93.2 Å². The summed E-state index contributed by atoms with van der Waals surface area (Å²) in [6.07, 6.45) is 1.68. The number of anilines is 1. The fraction of sp³-hybridized carbons (Fsp3) is 0.333. The first-order valence-electron chi connectivity index (χ1n) is 10.9. The van der Waals surface area contributed by atoms with E-state index in [9.17, 15) is 0 Å². The molecular weight excluding hydrogens is 453 g/mol. The van der Waals surface area contributed by atoms with Crippen LogP contribution in [0.1, 0.15) is 55.1 Å². The number of rotatable bonds is 5. The van der Waals surface area contributed by atoms with Crippen LogP contribution < -0.4 is 9.64 Å². The summed E-state index contributed by atoms with van der Waals surface area (Å²) in [5, 5.41) is 0. The van der Waals surface area contributed by atoms with Crippen LogP contribution >= 0.6 is 15.9 Å². The van der Waals surface area contributed by atoms with Gasteiger partial charge < -0.3 is 9.64 Å². The molecule has 2 atom stereocenters. The van der Waals surface area contributed by atoms with Crippen molar-refractivity contribution in [3.8, 4) is 5.75 Å². The van der Waals surface area contributed by atoms with Crippen molar-refractivity contribution in [1.82, 2.24) is 0 Å². The third-order valence-electron chi connectivity index (χ3n) is 6.16. The first-order valence-corrected chi connectivity index (χ1v) is 11.7. The van der Waals surface area contributed by atoms with Gasteiger partial charge in [0.25, 0.3) is 0 Å². The lowest BCUT2D eigenvalue weighted by Gasteiger charge is -2.44. The van der Waals surface area contributed by atoms with Crippen LogP contribution in [0, 0.1) is 11.7 Å². The minimum Gasteiger partial charge on any atom is -0.497 e. The van der Waals surface area contributed by atoms with E-state index in [1.54, 1.807) is 13.2 Å². The highest BCUT2D eigenvalue weighted by Gasteiger charge is 2.34. The molecule has 4 heteroatoms. The van der Waals surface area contributed by atoms with Crippen LogP contribution in [0.25, 0.3) is 0 Å². The van der Waals surface area contributed by atoms with Crippen LogP contribution in [-0.2, 0) is 12.8 Å². The van der Waals surface area contributed by atoms with Gasteiger partial charge in [0, 0.05) is 4.47 Å². The Bertz CT molecular complexity index is 1060. The quantitative estimate of drug-likeness (QED) is 0.370. The summed E-state index contributed by atoms with van der Waals surface area (Å²) in [7, 11) is 1.70. The molecule has 0 bridgehead atoms. The van der Waals surface area contributed by atoms with Crippen LogP contribution in [0.4, 0.5) is 10.1 Å². The average molecular weight is 482 g/mol. The lowest BCUT2D eigenvalue weighted by molar-refractivity contribution is 0.412. The van der Waals surface area contributed by atoms with Gasteiger partial charge in [-0.2, -0.15) is 0 Å². The molecule has 0 fully saturated rings. The van der Waals surface area contributed by atoms with E-state index < -0.39 is 0 Å². The number of fused-ring (bicyclic) bond motifs is 1. The molecule has 162 valence electrons. The molecule has 2 unspecified atom stereocenters. The normalized spacial score (nSPS) is 18.2. The van der Waals surface area contributed by atoms with Gasteiger partial charge in [-0.25, -0.2) is 4.39 Å². The highest BCUT2D eigenvalue weighted by atomic mass is 79.9. The Morgan fingerprint density at radius 2 is 1.81 bits per heavy atom. The second-order valence-electron chi connectivity index (χ2n) is 8.80. The highest BCUT2D eigenvalue weighted by Crippen LogP contribution is 2.45. The third-order valence-corrected chi connectivity index (χ3v) is 6.68. The summed E-state index contributed by atoms with van der Waals surface area (Å²) in [5.74, 6) is 1.21. The van der Waals surface area contributed by atoms with Gasteiger partial charge in [-0.05, 0) is 84.3 Å². The number of halogens is 2. The lowest BCUT2D eigenvalue weighted by atomic mass is 9.85. The highest BCUT2D eigenvalue weighted by molar-refractivity contribution is 9.10. The molecule has 0 amide bonds. The maximum absolute atomic E-state index is 15.4. The maximum atomic E-state index is 15.4. The Labute approximate surface area is 193 Å². The molecule has 1 aliphatic rings. The lowest BCUT2D eigenvalue weighted by Crippen LogP contribution is -2.37. The number of benzene rings is 3. The minimum absolute atomic E-state index is 0.0353. The van der Waals surface area contributed by atoms with Gasteiger partial charge in [0.1, 0.15) is 11.6 Å². The summed E-state index contributed by atoms with van der Waals surface area (Å²) in [6.45, 7) is 6.48. The Hall–Kier alpha value is -2.33. The third kappa shape index (κ3) is 4.50. The molecule has 0 saturated heterocycles. The zero-order valence-electron chi connectivity index (χ0n) is 18.5. The van der Waals surface area contributed by atoms with Crippen molar-refractivity contribution in [1.29, 1.82) is 0 Å². The fourth-order valence-electron chi connectivity index (χ4n) is 4.72. The van der Waals surface area contributed by atoms with E-state index in [1.165, 1.54) is 16.7 Å². The molecule has 1 aliphatic heterocycles. The maximum Gasteiger partial charge on any atom is 0.146 e. The fourth-order valence-corrected chi connectivity index (χ4v) is 4.98. The molecule has 3 aromatic carbocycles. The first kappa shape index (κ1) is 21.9. The van der Waals surface area contributed by atoms with E-state index in [0.717, 1.165) is 28.6 Å². The van der Waals surface area contributed by atoms with E-state index in [1.807, 2.05) is 12.1 Å². The van der Waals surface area contributed by atoms with Crippen LogP contribution in [0.5, 0.6) is 5.75 Å². The number of hydrogen-bond acceptors (Lipinski definition) is 2. The van der Waals surface area contributed by atoms with Crippen molar-refractivity contribution < 1.29 is 9.13 Å².